The van der Waals surface area contributed by atoms with Gasteiger partial charge in [0.15, 0.2) is 0 Å². The monoisotopic (exact) mass is 647 g/mol. The van der Waals surface area contributed by atoms with Crippen LogP contribution in [0.25, 0.3) is 0 Å². The van der Waals surface area contributed by atoms with Crippen LogP contribution in [0.15, 0.2) is 72.8 Å². The molecule has 0 amide bonds. The summed E-state index contributed by atoms with van der Waals surface area (Å²) in [5, 5.41) is 34.4. The molecule has 0 fully saturated rings. The van der Waals surface area contributed by atoms with Crippen molar-refractivity contribution in [2.24, 2.45) is 0 Å². The van der Waals surface area contributed by atoms with Crippen molar-refractivity contribution >= 4 is 0 Å². The van der Waals surface area contributed by atoms with E-state index < -0.39 is 0 Å². The van der Waals surface area contributed by atoms with Crippen LogP contribution in [-0.2, 0) is 0 Å². The fourth-order valence-electron chi connectivity index (χ4n) is 2.99. The van der Waals surface area contributed by atoms with Crippen LogP contribution in [0.2, 0.25) is 0 Å². The van der Waals surface area contributed by atoms with Crippen molar-refractivity contribution in [1.82, 2.24) is 0 Å². The molecule has 0 saturated carbocycles. The van der Waals surface area contributed by atoms with Crippen LogP contribution < -0.4 is 0 Å². The Morgan fingerprint density at radius 2 is 0.936 bits per heavy atom. The topological polar surface area (TPSA) is 91.6 Å². The maximum absolute atomic E-state index is 12.8. The number of phenolic OH excluding ortho intramolecular Hbond substituents is 1. The van der Waals surface area contributed by atoms with Crippen LogP contribution in [0.5, 0.6) is 5.75 Å². The molecular weight excluding hydrogens is 595 g/mol. The molecule has 0 aliphatic rings. The van der Waals surface area contributed by atoms with Crippen molar-refractivity contribution in [1.29, 1.82) is 15.8 Å². The first-order chi connectivity index (χ1) is 22.4. The third-order valence-electron chi connectivity index (χ3n) is 5.46. The third-order valence-corrected chi connectivity index (χ3v) is 5.46. The number of rotatable bonds is 0. The Labute approximate surface area is 282 Å². The van der Waals surface area contributed by atoms with Gasteiger partial charge in [-0.15, -0.1) is 0 Å². The Bertz CT molecular complexity index is 1460. The lowest BCUT2D eigenvalue weighted by molar-refractivity contribution is 0.475. The maximum Gasteiger partial charge on any atom is 0.127 e. The number of halogens is 3. The van der Waals surface area contributed by atoms with E-state index in [1.165, 1.54) is 30.3 Å². The summed E-state index contributed by atoms with van der Waals surface area (Å²) in [5.74, 6) is -0.663. The van der Waals surface area contributed by atoms with Crippen LogP contribution in [0.3, 0.4) is 0 Å². The molecule has 4 nitrogen and oxygen atoms in total. The highest BCUT2D eigenvalue weighted by Crippen LogP contribution is 2.15. The molecule has 7 heteroatoms. The predicted octanol–water partition coefficient (Wildman–Crippen LogP) is 12.1. The summed E-state index contributed by atoms with van der Waals surface area (Å²) in [4.78, 5) is 0. The van der Waals surface area contributed by atoms with Gasteiger partial charge >= 0.3 is 0 Å². The second-order valence-corrected chi connectivity index (χ2v) is 8.41. The van der Waals surface area contributed by atoms with E-state index in [4.69, 9.17) is 20.9 Å². The van der Waals surface area contributed by atoms with E-state index in [9.17, 15) is 13.2 Å². The van der Waals surface area contributed by atoms with Crippen LogP contribution in [0.1, 0.15) is 99.9 Å². The van der Waals surface area contributed by atoms with E-state index in [1.807, 2.05) is 86.6 Å². The van der Waals surface area contributed by atoms with E-state index in [0.717, 1.165) is 16.7 Å². The smallest absolute Gasteiger partial charge is 0.127 e. The Kier molecular flexibility index (Phi) is 32.2. The molecule has 4 aromatic rings. The van der Waals surface area contributed by atoms with E-state index in [0.29, 0.717) is 27.8 Å². The summed E-state index contributed by atoms with van der Waals surface area (Å²) in [5.41, 5.74) is 5.04. The van der Waals surface area contributed by atoms with E-state index >= 15 is 0 Å². The highest BCUT2D eigenvalue weighted by atomic mass is 19.1. The molecule has 0 bridgehead atoms. The Morgan fingerprint density at radius 3 is 1.30 bits per heavy atom. The number of hydrogen-bond donors (Lipinski definition) is 1. The van der Waals surface area contributed by atoms with Crippen molar-refractivity contribution in [2.45, 2.75) is 90.0 Å². The van der Waals surface area contributed by atoms with Gasteiger partial charge in [0.2, 0.25) is 0 Å². The molecule has 0 radical (unpaired) electrons. The zero-order chi connectivity index (χ0) is 37.5. The van der Waals surface area contributed by atoms with Gasteiger partial charge in [0, 0.05) is 5.56 Å². The molecule has 4 rings (SSSR count). The number of aryl methyl sites for hydroxylation is 4. The van der Waals surface area contributed by atoms with Gasteiger partial charge in [-0.3, -0.25) is 0 Å². The number of aromatic hydroxyl groups is 1. The molecule has 0 aliphatic heterocycles. The lowest BCUT2D eigenvalue weighted by atomic mass is 10.0. The van der Waals surface area contributed by atoms with Crippen LogP contribution >= 0.6 is 0 Å². The average molecular weight is 648 g/mol. The lowest BCUT2D eigenvalue weighted by Crippen LogP contribution is -1.90. The predicted molar refractivity (Wildman–Crippen MR) is 191 cm³/mol. The summed E-state index contributed by atoms with van der Waals surface area (Å²) in [6, 6.07) is 24.4. The minimum absolute atomic E-state index is 0.132. The Balaban J connectivity index is -0.000000245. The molecule has 4 aromatic carbocycles. The highest BCUT2D eigenvalue weighted by Gasteiger charge is 2.05. The number of benzene rings is 4. The highest BCUT2D eigenvalue weighted by molar-refractivity contribution is 5.43. The molecule has 1 N–H and O–H groups in total. The molecule has 254 valence electrons. The minimum atomic E-state index is -0.359. The van der Waals surface area contributed by atoms with Gasteiger partial charge in [-0.05, 0) is 93.3 Å². The number of phenols is 1. The fraction of sp³-hybridized carbons (Fsp3) is 0.325. The summed E-state index contributed by atoms with van der Waals surface area (Å²) in [6.07, 6.45) is 0. The first kappa shape index (κ1) is 48.8. The summed E-state index contributed by atoms with van der Waals surface area (Å²) in [7, 11) is 0. The molecular formula is C40H52F3N3O. The summed E-state index contributed by atoms with van der Waals surface area (Å²) < 4.78 is 37.5. The molecule has 0 heterocycles. The lowest BCUT2D eigenvalue weighted by Gasteiger charge is -2.01. The molecule has 0 saturated heterocycles. The second-order valence-electron chi connectivity index (χ2n) is 8.41. The van der Waals surface area contributed by atoms with Crippen molar-refractivity contribution in [3.63, 3.8) is 0 Å². The fourth-order valence-corrected chi connectivity index (χ4v) is 2.99. The van der Waals surface area contributed by atoms with Crippen molar-refractivity contribution in [2.75, 3.05) is 0 Å². The standard InChI is InChI=1S/C9H8FN.C8H6FN.C8H7NO.C7H7F.4C2H6/c1-6-3-4-9(10)7(2)8(6)5-11;1-6-2-3-8(9)4-7(6)5-10;1-6-2-3-8(10)4-7(6)5-9;1-6-4-2-3-5-7(6)8;4*1-2/h3-4H,1-2H3;2-4H,1H3;2-4,10H,1H3;2-5H,1H3;4*1-2H3. The zero-order valence-electron chi connectivity index (χ0n) is 30.4. The largest absolute Gasteiger partial charge is 0.508 e. The molecule has 0 aromatic heterocycles. The SMILES string of the molecule is CC.CC.CC.CC.Cc1ccc(F)c(C)c1C#N.Cc1ccc(F)cc1C#N.Cc1ccc(O)cc1C#N.Cc1ccccc1F. The van der Waals surface area contributed by atoms with Gasteiger partial charge in [-0.1, -0.05) is 91.8 Å². The number of hydrogen-bond acceptors (Lipinski definition) is 4. The molecule has 0 spiro atoms. The average Bonchev–Trinajstić information content (AvgIpc) is 3.11. The Hall–Kier alpha value is -5.06. The second kappa shape index (κ2) is 30.9. The molecule has 0 atom stereocenters. The van der Waals surface area contributed by atoms with Gasteiger partial charge in [-0.25, -0.2) is 13.2 Å². The van der Waals surface area contributed by atoms with Crippen LogP contribution in [-0.4, -0.2) is 5.11 Å². The number of nitrogens with zero attached hydrogens (tertiary/aromatic N) is 3. The normalized spacial score (nSPS) is 8.02. The number of nitriles is 3. The quantitative estimate of drug-likeness (QED) is 0.205. The first-order valence-electron chi connectivity index (χ1n) is 15.7. The summed E-state index contributed by atoms with van der Waals surface area (Å²) >= 11 is 0. The van der Waals surface area contributed by atoms with Gasteiger partial charge < -0.3 is 5.11 Å². The van der Waals surface area contributed by atoms with Gasteiger partial charge in [0.1, 0.15) is 23.2 Å². The van der Waals surface area contributed by atoms with Crippen molar-refractivity contribution in [3.8, 4) is 24.0 Å². The Morgan fingerprint density at radius 1 is 0.489 bits per heavy atom. The molecule has 0 unspecified atom stereocenters. The van der Waals surface area contributed by atoms with Gasteiger partial charge in [0.05, 0.1) is 34.9 Å². The van der Waals surface area contributed by atoms with Gasteiger partial charge in [0.25, 0.3) is 0 Å². The van der Waals surface area contributed by atoms with Crippen LogP contribution in [0, 0.1) is 86.1 Å². The minimum Gasteiger partial charge on any atom is -0.508 e. The van der Waals surface area contributed by atoms with Crippen molar-refractivity contribution < 1.29 is 18.3 Å². The maximum atomic E-state index is 12.8. The van der Waals surface area contributed by atoms with E-state index in [2.05, 4.69) is 0 Å². The van der Waals surface area contributed by atoms with E-state index in [-0.39, 0.29) is 23.2 Å². The van der Waals surface area contributed by atoms with Crippen molar-refractivity contribution in [3.05, 3.63) is 135 Å². The first-order valence-corrected chi connectivity index (χ1v) is 15.7. The van der Waals surface area contributed by atoms with E-state index in [1.54, 1.807) is 64.1 Å². The van der Waals surface area contributed by atoms with Crippen LogP contribution in [0.4, 0.5) is 13.2 Å². The zero-order valence-corrected chi connectivity index (χ0v) is 30.4. The molecule has 47 heavy (non-hydrogen) atoms. The summed E-state index contributed by atoms with van der Waals surface area (Å²) in [6.45, 7) is 24.8. The van der Waals surface area contributed by atoms with Gasteiger partial charge in [-0.2, -0.15) is 15.8 Å². The molecule has 0 aliphatic carbocycles. The third kappa shape index (κ3) is 20.6.